The van der Waals surface area contributed by atoms with Crippen LogP contribution in [0.25, 0.3) is 0 Å². The zero-order chi connectivity index (χ0) is 18.6. The van der Waals surface area contributed by atoms with E-state index in [4.69, 9.17) is 11.6 Å². The lowest BCUT2D eigenvalue weighted by atomic mass is 9.52. The van der Waals surface area contributed by atoms with Crippen molar-refractivity contribution in [2.45, 2.75) is 76.3 Å². The van der Waals surface area contributed by atoms with Crippen LogP contribution in [-0.2, 0) is 10.2 Å². The van der Waals surface area contributed by atoms with E-state index in [1.165, 1.54) is 50.5 Å². The highest BCUT2D eigenvalue weighted by Crippen LogP contribution is 2.65. The molecule has 1 atom stereocenters. The van der Waals surface area contributed by atoms with E-state index in [-0.39, 0.29) is 10.8 Å². The first kappa shape index (κ1) is 16.9. The molecule has 144 valence electrons. The van der Waals surface area contributed by atoms with Crippen molar-refractivity contribution >= 4 is 17.5 Å². The third-order valence-electron chi connectivity index (χ3n) is 8.97. The standard InChI is InChI=1S/C24H30ClNO/c1-23(2)21(24(7-8-24)18-5-3-4-6-19(18)25)26(22(23)27)20-16-10-14-9-15(12-16)13-17(20)11-14/h3-6,14-17,20-21H,7-13H2,1-2H3. The van der Waals surface area contributed by atoms with Gasteiger partial charge in [-0.3, -0.25) is 4.79 Å². The van der Waals surface area contributed by atoms with Crippen molar-refractivity contribution in [3.8, 4) is 0 Å². The number of carbonyl (C=O) groups is 1. The van der Waals surface area contributed by atoms with Crippen LogP contribution in [-0.4, -0.2) is 22.9 Å². The third kappa shape index (κ3) is 2.11. The molecule has 0 spiro atoms. The highest BCUT2D eigenvalue weighted by Gasteiger charge is 2.70. The zero-order valence-corrected chi connectivity index (χ0v) is 17.2. The Balaban J connectivity index is 1.39. The third-order valence-corrected chi connectivity index (χ3v) is 9.30. The van der Waals surface area contributed by atoms with Crippen LogP contribution in [0.2, 0.25) is 5.02 Å². The Morgan fingerprint density at radius 1 is 0.963 bits per heavy atom. The SMILES string of the molecule is CC1(C)C(=O)N(C2C3CC4CC(C3)CC2C4)C1C1(c2ccccc2Cl)CC1. The molecule has 6 aliphatic rings. The molecule has 0 radical (unpaired) electrons. The molecule has 5 aliphatic carbocycles. The maximum atomic E-state index is 13.4. The van der Waals surface area contributed by atoms with Crippen molar-refractivity contribution in [3.63, 3.8) is 0 Å². The second-order valence-electron chi connectivity index (χ2n) is 10.9. The van der Waals surface area contributed by atoms with Gasteiger partial charge >= 0.3 is 0 Å². The van der Waals surface area contributed by atoms with Crippen LogP contribution in [0, 0.1) is 29.1 Å². The van der Waals surface area contributed by atoms with Gasteiger partial charge < -0.3 is 4.90 Å². The second-order valence-corrected chi connectivity index (χ2v) is 11.3. The molecule has 1 amide bonds. The summed E-state index contributed by atoms with van der Waals surface area (Å²) in [6, 6.07) is 9.19. The molecule has 1 aliphatic heterocycles. The van der Waals surface area contributed by atoms with Gasteiger partial charge in [0.25, 0.3) is 0 Å². The van der Waals surface area contributed by atoms with E-state index in [0.717, 1.165) is 28.7 Å². The Morgan fingerprint density at radius 3 is 2.11 bits per heavy atom. The van der Waals surface area contributed by atoms with E-state index in [1.54, 1.807) is 0 Å². The van der Waals surface area contributed by atoms with Crippen LogP contribution in [0.1, 0.15) is 64.4 Å². The first-order chi connectivity index (χ1) is 12.9. The minimum atomic E-state index is -0.260. The summed E-state index contributed by atoms with van der Waals surface area (Å²) in [5.74, 6) is 3.81. The molecule has 1 heterocycles. The molecule has 0 aromatic heterocycles. The van der Waals surface area contributed by atoms with E-state index >= 15 is 0 Å². The highest BCUT2D eigenvalue weighted by atomic mass is 35.5. The molecule has 2 nitrogen and oxygen atoms in total. The topological polar surface area (TPSA) is 20.3 Å². The summed E-state index contributed by atoms with van der Waals surface area (Å²) in [4.78, 5) is 15.8. The first-order valence-corrected chi connectivity index (χ1v) is 11.4. The van der Waals surface area contributed by atoms with Gasteiger partial charge in [0.2, 0.25) is 5.91 Å². The monoisotopic (exact) mass is 383 g/mol. The second kappa shape index (κ2) is 5.32. The number of nitrogens with zero attached hydrogens (tertiary/aromatic N) is 1. The normalized spacial score (nSPS) is 42.9. The average molecular weight is 384 g/mol. The molecule has 5 saturated carbocycles. The summed E-state index contributed by atoms with van der Waals surface area (Å²) in [5, 5.41) is 0.884. The van der Waals surface area contributed by atoms with Gasteiger partial charge in [0, 0.05) is 16.5 Å². The molecular formula is C24H30ClNO. The Bertz CT molecular complexity index is 782. The number of hydrogen-bond donors (Lipinski definition) is 0. The molecule has 7 rings (SSSR count). The van der Waals surface area contributed by atoms with Gasteiger partial charge in [0.1, 0.15) is 0 Å². The summed E-state index contributed by atoms with van der Waals surface area (Å²) < 4.78 is 0. The molecule has 4 bridgehead atoms. The number of halogens is 1. The van der Waals surface area contributed by atoms with Crippen LogP contribution < -0.4 is 0 Å². The smallest absolute Gasteiger partial charge is 0.230 e. The average Bonchev–Trinajstić information content (AvgIpc) is 3.40. The van der Waals surface area contributed by atoms with E-state index in [0.29, 0.717) is 18.0 Å². The lowest BCUT2D eigenvalue weighted by Crippen LogP contribution is -2.76. The maximum absolute atomic E-state index is 13.4. The van der Waals surface area contributed by atoms with Crippen LogP contribution in [0.5, 0.6) is 0 Å². The molecule has 1 unspecified atom stereocenters. The largest absolute Gasteiger partial charge is 0.334 e. The Hall–Kier alpha value is -1.02. The van der Waals surface area contributed by atoms with Crippen molar-refractivity contribution in [2.75, 3.05) is 0 Å². The highest BCUT2D eigenvalue weighted by molar-refractivity contribution is 6.31. The van der Waals surface area contributed by atoms with Crippen LogP contribution >= 0.6 is 11.6 Å². The van der Waals surface area contributed by atoms with Gasteiger partial charge in [-0.1, -0.05) is 29.8 Å². The molecular weight excluding hydrogens is 354 g/mol. The number of benzene rings is 1. The van der Waals surface area contributed by atoms with Crippen molar-refractivity contribution in [1.82, 2.24) is 4.90 Å². The number of hydrogen-bond acceptors (Lipinski definition) is 1. The Morgan fingerprint density at radius 2 is 1.56 bits per heavy atom. The minimum absolute atomic E-state index is 0.0877. The molecule has 3 heteroatoms. The van der Waals surface area contributed by atoms with Gasteiger partial charge in [0.05, 0.1) is 11.5 Å². The van der Waals surface area contributed by atoms with Gasteiger partial charge in [-0.15, -0.1) is 0 Å². The van der Waals surface area contributed by atoms with Crippen LogP contribution in [0.4, 0.5) is 0 Å². The van der Waals surface area contributed by atoms with Crippen LogP contribution in [0.15, 0.2) is 24.3 Å². The zero-order valence-electron chi connectivity index (χ0n) is 16.5. The van der Waals surface area contributed by atoms with E-state index in [2.05, 4.69) is 30.9 Å². The summed E-state index contributed by atoms with van der Waals surface area (Å²) in [5.41, 5.74) is 1.11. The number of carbonyl (C=O) groups excluding carboxylic acids is 1. The lowest BCUT2D eigenvalue weighted by molar-refractivity contribution is -0.195. The van der Waals surface area contributed by atoms with Gasteiger partial charge in [-0.05, 0) is 94.1 Å². The molecule has 1 aromatic rings. The van der Waals surface area contributed by atoms with Gasteiger partial charge in [0.15, 0.2) is 0 Å². The molecule has 6 fully saturated rings. The summed E-state index contributed by atoms with van der Waals surface area (Å²) in [7, 11) is 0. The van der Waals surface area contributed by atoms with Crippen LogP contribution in [0.3, 0.4) is 0 Å². The van der Waals surface area contributed by atoms with Crippen molar-refractivity contribution in [1.29, 1.82) is 0 Å². The molecule has 1 saturated heterocycles. The number of amides is 1. The maximum Gasteiger partial charge on any atom is 0.230 e. The Kier molecular flexibility index (Phi) is 3.33. The van der Waals surface area contributed by atoms with Crippen molar-refractivity contribution in [3.05, 3.63) is 34.9 Å². The summed E-state index contributed by atoms with van der Waals surface area (Å²) >= 11 is 6.65. The fraction of sp³-hybridized carbons (Fsp3) is 0.708. The lowest BCUT2D eigenvalue weighted by Gasteiger charge is -2.66. The number of β-lactam (4-membered cyclic amide) rings is 1. The summed E-state index contributed by atoms with van der Waals surface area (Å²) in [6.45, 7) is 4.37. The molecule has 27 heavy (non-hydrogen) atoms. The fourth-order valence-electron chi connectivity index (χ4n) is 8.15. The first-order valence-electron chi connectivity index (χ1n) is 11.0. The molecule has 0 N–H and O–H groups in total. The number of likely N-dealkylation sites (tertiary alicyclic amines) is 1. The fourth-order valence-corrected chi connectivity index (χ4v) is 8.48. The van der Waals surface area contributed by atoms with Gasteiger partial charge in [-0.25, -0.2) is 0 Å². The van der Waals surface area contributed by atoms with Crippen molar-refractivity contribution in [2.24, 2.45) is 29.1 Å². The van der Waals surface area contributed by atoms with Crippen molar-refractivity contribution < 1.29 is 4.79 Å². The van der Waals surface area contributed by atoms with E-state index in [1.807, 2.05) is 12.1 Å². The molecule has 1 aromatic carbocycles. The van der Waals surface area contributed by atoms with Gasteiger partial charge in [-0.2, -0.15) is 0 Å². The number of rotatable bonds is 3. The van der Waals surface area contributed by atoms with E-state index in [9.17, 15) is 4.79 Å². The quantitative estimate of drug-likeness (QED) is 0.637. The van der Waals surface area contributed by atoms with E-state index < -0.39 is 0 Å². The predicted molar refractivity (Wildman–Crippen MR) is 108 cm³/mol. The Labute approximate surface area is 167 Å². The minimum Gasteiger partial charge on any atom is -0.334 e. The summed E-state index contributed by atoms with van der Waals surface area (Å²) in [6.07, 6.45) is 9.28. The predicted octanol–water partition coefficient (Wildman–Crippen LogP) is 5.43.